The molecule has 5 heteroatoms. The minimum absolute atomic E-state index is 0.0625. The molecule has 2 atom stereocenters. The highest BCUT2D eigenvalue weighted by molar-refractivity contribution is 7.91. The fourth-order valence-electron chi connectivity index (χ4n) is 3.75. The van der Waals surface area contributed by atoms with Crippen LogP contribution in [0, 0.1) is 5.41 Å². The summed E-state index contributed by atoms with van der Waals surface area (Å²) in [5.41, 5.74) is 0.933. The lowest BCUT2D eigenvalue weighted by Gasteiger charge is -2.34. The van der Waals surface area contributed by atoms with Crippen LogP contribution in [-0.4, -0.2) is 40.0 Å². The maximum absolute atomic E-state index is 12.5. The summed E-state index contributed by atoms with van der Waals surface area (Å²) in [4.78, 5) is 0.535. The molecule has 21 heavy (non-hydrogen) atoms. The van der Waals surface area contributed by atoms with E-state index >= 15 is 0 Å². The molecule has 114 valence electrons. The number of rotatable bonds is 4. The van der Waals surface area contributed by atoms with E-state index in [4.69, 9.17) is 4.74 Å². The van der Waals surface area contributed by atoms with Crippen LogP contribution in [0.15, 0.2) is 29.2 Å². The number of sulfone groups is 1. The average Bonchev–Trinajstić information content (AvgIpc) is 3.12. The topological polar surface area (TPSA) is 55.4 Å². The van der Waals surface area contributed by atoms with Crippen LogP contribution in [0.5, 0.6) is 0 Å². The van der Waals surface area contributed by atoms with Crippen molar-refractivity contribution in [2.45, 2.75) is 36.1 Å². The zero-order valence-corrected chi connectivity index (χ0v) is 12.9. The summed E-state index contributed by atoms with van der Waals surface area (Å²) >= 11 is 0. The van der Waals surface area contributed by atoms with Gasteiger partial charge in [-0.3, -0.25) is 0 Å². The molecular formula is C16H21NO3S. The highest BCUT2D eigenvalue weighted by Gasteiger charge is 2.50. The number of nitrogens with one attached hydrogen (secondary N) is 1. The molecule has 2 fully saturated rings. The van der Waals surface area contributed by atoms with Crippen molar-refractivity contribution in [2.75, 3.05) is 25.5 Å². The first kappa shape index (κ1) is 13.7. The Hall–Kier alpha value is -0.910. The van der Waals surface area contributed by atoms with E-state index in [-0.39, 0.29) is 17.1 Å². The van der Waals surface area contributed by atoms with E-state index in [0.717, 1.165) is 25.1 Å². The molecule has 2 heterocycles. The van der Waals surface area contributed by atoms with E-state index < -0.39 is 9.84 Å². The summed E-state index contributed by atoms with van der Waals surface area (Å²) in [6.45, 7) is 2.28. The van der Waals surface area contributed by atoms with Crippen molar-refractivity contribution in [1.29, 1.82) is 0 Å². The molecule has 1 N–H and O–H groups in total. The van der Waals surface area contributed by atoms with Crippen LogP contribution in [0.1, 0.15) is 30.7 Å². The van der Waals surface area contributed by atoms with Crippen LogP contribution in [-0.2, 0) is 14.6 Å². The van der Waals surface area contributed by atoms with Gasteiger partial charge in [-0.25, -0.2) is 8.42 Å². The van der Waals surface area contributed by atoms with Crippen molar-refractivity contribution in [2.24, 2.45) is 5.41 Å². The van der Waals surface area contributed by atoms with E-state index in [1.807, 2.05) is 18.2 Å². The minimum Gasteiger partial charge on any atom is -0.381 e. The van der Waals surface area contributed by atoms with E-state index in [1.165, 1.54) is 12.8 Å². The predicted molar refractivity (Wildman–Crippen MR) is 80.1 cm³/mol. The number of ether oxygens (including phenoxy) is 1. The smallest absolute Gasteiger partial charge is 0.179 e. The molecule has 1 saturated heterocycles. The van der Waals surface area contributed by atoms with Gasteiger partial charge in [-0.15, -0.1) is 0 Å². The third-order valence-corrected chi connectivity index (χ3v) is 7.02. The molecule has 2 aliphatic heterocycles. The Labute approximate surface area is 125 Å². The van der Waals surface area contributed by atoms with E-state index in [1.54, 1.807) is 6.07 Å². The van der Waals surface area contributed by atoms with Crippen LogP contribution in [0.3, 0.4) is 0 Å². The van der Waals surface area contributed by atoms with E-state index in [0.29, 0.717) is 17.5 Å². The SMILES string of the molecule is O=S1(=O)CC(C2(CNC3CC3)CCOC2)c2ccccc21. The summed E-state index contributed by atoms with van der Waals surface area (Å²) in [6, 6.07) is 8.14. The van der Waals surface area contributed by atoms with E-state index in [9.17, 15) is 8.42 Å². The van der Waals surface area contributed by atoms with Gasteiger partial charge in [0, 0.05) is 30.5 Å². The van der Waals surface area contributed by atoms with Crippen LogP contribution >= 0.6 is 0 Å². The molecule has 0 aromatic heterocycles. The number of hydrogen-bond donors (Lipinski definition) is 1. The zero-order chi connectivity index (χ0) is 14.5. The Morgan fingerprint density at radius 2 is 2.10 bits per heavy atom. The molecule has 0 radical (unpaired) electrons. The summed E-state index contributed by atoms with van der Waals surface area (Å²) in [6.07, 6.45) is 3.44. The first-order chi connectivity index (χ1) is 10.1. The molecule has 4 nitrogen and oxygen atoms in total. The standard InChI is InChI=1S/C16H21NO3S/c18-21(19)9-14(13-3-1-2-4-15(13)21)16(7-8-20-11-16)10-17-12-5-6-12/h1-4,12,14,17H,5-11H2. The van der Waals surface area contributed by atoms with Gasteiger partial charge in [0.15, 0.2) is 9.84 Å². The fourth-order valence-corrected chi connectivity index (χ4v) is 5.76. The van der Waals surface area contributed by atoms with Gasteiger partial charge in [-0.2, -0.15) is 0 Å². The second kappa shape index (κ2) is 4.80. The van der Waals surface area contributed by atoms with Gasteiger partial charge < -0.3 is 10.1 Å². The average molecular weight is 307 g/mol. The molecule has 2 unspecified atom stereocenters. The highest BCUT2D eigenvalue weighted by Crippen LogP contribution is 2.49. The van der Waals surface area contributed by atoms with Crippen molar-refractivity contribution >= 4 is 9.84 Å². The lowest BCUT2D eigenvalue weighted by atomic mass is 9.72. The summed E-state index contributed by atoms with van der Waals surface area (Å²) in [5.74, 6) is 0.301. The third-order valence-electron chi connectivity index (χ3n) is 5.21. The molecule has 4 rings (SSSR count). The summed E-state index contributed by atoms with van der Waals surface area (Å²) < 4.78 is 30.6. The van der Waals surface area contributed by atoms with Gasteiger partial charge >= 0.3 is 0 Å². The first-order valence-electron chi connectivity index (χ1n) is 7.74. The van der Waals surface area contributed by atoms with Crippen molar-refractivity contribution in [3.8, 4) is 0 Å². The van der Waals surface area contributed by atoms with Crippen molar-refractivity contribution in [3.63, 3.8) is 0 Å². The quantitative estimate of drug-likeness (QED) is 0.920. The molecule has 0 bridgehead atoms. The number of fused-ring (bicyclic) bond motifs is 1. The molecule has 1 aliphatic carbocycles. The second-order valence-corrected chi connectivity index (χ2v) is 8.69. The summed E-state index contributed by atoms with van der Waals surface area (Å²) in [5, 5.41) is 3.60. The molecule has 1 saturated carbocycles. The zero-order valence-electron chi connectivity index (χ0n) is 12.0. The van der Waals surface area contributed by atoms with Gasteiger partial charge in [0.05, 0.1) is 17.3 Å². The van der Waals surface area contributed by atoms with Crippen molar-refractivity contribution in [3.05, 3.63) is 29.8 Å². The third kappa shape index (κ3) is 2.31. The Bertz CT molecular complexity index is 645. The van der Waals surface area contributed by atoms with Crippen molar-refractivity contribution in [1.82, 2.24) is 5.32 Å². The lowest BCUT2D eigenvalue weighted by molar-refractivity contribution is 0.135. The van der Waals surface area contributed by atoms with Gasteiger partial charge in [-0.1, -0.05) is 18.2 Å². The van der Waals surface area contributed by atoms with Crippen LogP contribution < -0.4 is 5.32 Å². The molecule has 0 spiro atoms. The number of benzene rings is 1. The van der Waals surface area contributed by atoms with Gasteiger partial charge in [0.2, 0.25) is 0 Å². The Morgan fingerprint density at radius 3 is 2.81 bits per heavy atom. The predicted octanol–water partition coefficient (Wildman–Crippen LogP) is 1.72. The van der Waals surface area contributed by atoms with Crippen LogP contribution in [0.25, 0.3) is 0 Å². The normalized spacial score (nSPS) is 34.0. The Morgan fingerprint density at radius 1 is 1.29 bits per heavy atom. The first-order valence-corrected chi connectivity index (χ1v) is 9.39. The van der Waals surface area contributed by atoms with Gasteiger partial charge in [0.1, 0.15) is 0 Å². The van der Waals surface area contributed by atoms with Crippen LogP contribution in [0.4, 0.5) is 0 Å². The highest BCUT2D eigenvalue weighted by atomic mass is 32.2. The molecule has 0 amide bonds. The molecule has 1 aromatic rings. The maximum Gasteiger partial charge on any atom is 0.179 e. The van der Waals surface area contributed by atoms with E-state index in [2.05, 4.69) is 5.32 Å². The molecule has 3 aliphatic rings. The van der Waals surface area contributed by atoms with Gasteiger partial charge in [-0.05, 0) is 30.9 Å². The monoisotopic (exact) mass is 307 g/mol. The lowest BCUT2D eigenvalue weighted by Crippen LogP contribution is -2.41. The van der Waals surface area contributed by atoms with Crippen LogP contribution in [0.2, 0.25) is 0 Å². The maximum atomic E-state index is 12.5. The molecule has 1 aromatic carbocycles. The largest absolute Gasteiger partial charge is 0.381 e. The second-order valence-electron chi connectivity index (χ2n) is 6.69. The fraction of sp³-hybridized carbons (Fsp3) is 0.625. The van der Waals surface area contributed by atoms with Crippen molar-refractivity contribution < 1.29 is 13.2 Å². The minimum atomic E-state index is -3.14. The number of hydrogen-bond acceptors (Lipinski definition) is 4. The Balaban J connectivity index is 1.70. The molecular weight excluding hydrogens is 286 g/mol. The van der Waals surface area contributed by atoms with Gasteiger partial charge in [0.25, 0.3) is 0 Å². The Kier molecular flexibility index (Phi) is 3.14. The summed E-state index contributed by atoms with van der Waals surface area (Å²) in [7, 11) is -3.14.